The maximum atomic E-state index is 3.08. The summed E-state index contributed by atoms with van der Waals surface area (Å²) < 4.78 is 0. The highest BCUT2D eigenvalue weighted by molar-refractivity contribution is 8.02. The predicted octanol–water partition coefficient (Wildman–Crippen LogP) is 0.977. The molecule has 0 aromatic heterocycles. The van der Waals surface area contributed by atoms with E-state index in [0.717, 1.165) is 0 Å². The molecule has 3 heteroatoms. The summed E-state index contributed by atoms with van der Waals surface area (Å²) in [6.45, 7) is 2.04. The lowest BCUT2D eigenvalue weighted by molar-refractivity contribution is 0.930. The van der Waals surface area contributed by atoms with Crippen molar-refractivity contribution in [1.82, 2.24) is 10.6 Å². The predicted molar refractivity (Wildman–Crippen MR) is 44.3 cm³/mol. The second-order valence-corrected chi connectivity index (χ2v) is 2.47. The summed E-state index contributed by atoms with van der Waals surface area (Å²) in [5.41, 5.74) is 1.19. The molecule has 0 bridgehead atoms. The molecule has 54 valence electrons. The van der Waals surface area contributed by atoms with Gasteiger partial charge in [0, 0.05) is 19.8 Å². The fourth-order valence-electron chi connectivity index (χ4n) is 0.556. The van der Waals surface area contributed by atoms with Crippen LogP contribution in [0.1, 0.15) is 6.92 Å². The lowest BCUT2D eigenvalue weighted by Crippen LogP contribution is -2.12. The Morgan fingerprint density at radius 3 is 1.89 bits per heavy atom. The van der Waals surface area contributed by atoms with Crippen LogP contribution in [0.5, 0.6) is 0 Å². The van der Waals surface area contributed by atoms with Gasteiger partial charge in [0.2, 0.25) is 0 Å². The Hall–Kier alpha value is -0.310. The average molecular weight is 146 g/mol. The van der Waals surface area contributed by atoms with E-state index in [1.165, 1.54) is 10.7 Å². The third-order valence-corrected chi connectivity index (χ3v) is 2.07. The van der Waals surface area contributed by atoms with Crippen molar-refractivity contribution in [2.24, 2.45) is 0 Å². The largest absolute Gasteiger partial charge is 0.390 e. The SMILES string of the molecule is CN/C(C)=C(\NC)SC. The fraction of sp³-hybridized carbons (Fsp3) is 0.667. The third kappa shape index (κ3) is 2.65. The van der Waals surface area contributed by atoms with E-state index >= 15 is 0 Å². The molecule has 0 heterocycles. The molecule has 0 fully saturated rings. The molecule has 0 atom stereocenters. The average Bonchev–Trinajstić information content (AvgIpc) is 1.90. The molecule has 0 rings (SSSR count). The first kappa shape index (κ1) is 8.69. The summed E-state index contributed by atoms with van der Waals surface area (Å²) in [6.07, 6.45) is 2.05. The van der Waals surface area contributed by atoms with Crippen molar-refractivity contribution in [1.29, 1.82) is 0 Å². The first-order valence-electron chi connectivity index (χ1n) is 2.86. The van der Waals surface area contributed by atoms with E-state index in [0.29, 0.717) is 0 Å². The molecule has 0 aromatic carbocycles. The van der Waals surface area contributed by atoms with Gasteiger partial charge in [-0.25, -0.2) is 0 Å². The van der Waals surface area contributed by atoms with E-state index in [-0.39, 0.29) is 0 Å². The molecule has 9 heavy (non-hydrogen) atoms. The monoisotopic (exact) mass is 146 g/mol. The zero-order chi connectivity index (χ0) is 7.28. The fourth-order valence-corrected chi connectivity index (χ4v) is 1.17. The molecule has 2 nitrogen and oxygen atoms in total. The zero-order valence-electron chi connectivity index (χ0n) is 6.41. The molecule has 0 radical (unpaired) electrons. The van der Waals surface area contributed by atoms with Gasteiger partial charge in [0.25, 0.3) is 0 Å². The smallest absolute Gasteiger partial charge is 0.0866 e. The van der Waals surface area contributed by atoms with Crippen LogP contribution in [0.4, 0.5) is 0 Å². The number of allylic oxidation sites excluding steroid dienone is 1. The number of thioether (sulfide) groups is 1. The van der Waals surface area contributed by atoms with Gasteiger partial charge in [-0.05, 0) is 13.2 Å². The number of nitrogens with one attached hydrogen (secondary N) is 2. The van der Waals surface area contributed by atoms with Gasteiger partial charge in [0.15, 0.2) is 0 Å². The summed E-state index contributed by atoms with van der Waals surface area (Å²) in [4.78, 5) is 0. The van der Waals surface area contributed by atoms with Crippen molar-refractivity contribution in [3.8, 4) is 0 Å². The van der Waals surface area contributed by atoms with Gasteiger partial charge in [0.1, 0.15) is 0 Å². The van der Waals surface area contributed by atoms with E-state index < -0.39 is 0 Å². The number of hydrogen-bond acceptors (Lipinski definition) is 3. The molecule has 0 unspecified atom stereocenters. The Labute approximate surface area is 61.1 Å². The van der Waals surface area contributed by atoms with Gasteiger partial charge in [-0.2, -0.15) is 0 Å². The minimum atomic E-state index is 1.19. The molecule has 2 N–H and O–H groups in total. The summed E-state index contributed by atoms with van der Waals surface area (Å²) in [5.74, 6) is 0. The van der Waals surface area contributed by atoms with Gasteiger partial charge < -0.3 is 10.6 Å². The van der Waals surface area contributed by atoms with Crippen LogP contribution in [0, 0.1) is 0 Å². The van der Waals surface area contributed by atoms with Gasteiger partial charge in [-0.1, -0.05) is 0 Å². The molecular weight excluding hydrogens is 132 g/mol. The Balaban J connectivity index is 4.01. The highest BCUT2D eigenvalue weighted by Gasteiger charge is 1.93. The number of rotatable bonds is 3. The topological polar surface area (TPSA) is 24.1 Å². The highest BCUT2D eigenvalue weighted by atomic mass is 32.2. The van der Waals surface area contributed by atoms with E-state index in [2.05, 4.69) is 10.6 Å². The van der Waals surface area contributed by atoms with E-state index in [9.17, 15) is 0 Å². The van der Waals surface area contributed by atoms with Crippen molar-refractivity contribution >= 4 is 11.8 Å². The van der Waals surface area contributed by atoms with Crippen LogP contribution in [0.25, 0.3) is 0 Å². The zero-order valence-corrected chi connectivity index (χ0v) is 7.22. The summed E-state index contributed by atoms with van der Waals surface area (Å²) in [6, 6.07) is 0. The highest BCUT2D eigenvalue weighted by Crippen LogP contribution is 2.09. The van der Waals surface area contributed by atoms with Crippen LogP contribution >= 0.6 is 11.8 Å². The van der Waals surface area contributed by atoms with E-state index in [1.54, 1.807) is 11.8 Å². The molecule has 0 spiro atoms. The third-order valence-electron chi connectivity index (χ3n) is 1.15. The van der Waals surface area contributed by atoms with Crippen LogP contribution in [-0.4, -0.2) is 20.4 Å². The van der Waals surface area contributed by atoms with Crippen molar-refractivity contribution in [2.45, 2.75) is 6.92 Å². The molecule has 0 aromatic rings. The van der Waals surface area contributed by atoms with Crippen molar-refractivity contribution in [3.05, 3.63) is 10.7 Å². The molecule has 0 amide bonds. The summed E-state index contributed by atoms with van der Waals surface area (Å²) in [7, 11) is 3.84. The van der Waals surface area contributed by atoms with Crippen LogP contribution in [-0.2, 0) is 0 Å². The first-order chi connectivity index (χ1) is 4.26. The van der Waals surface area contributed by atoms with E-state index in [1.807, 2.05) is 27.3 Å². The lowest BCUT2D eigenvalue weighted by atomic mass is 10.5. The van der Waals surface area contributed by atoms with Gasteiger partial charge in [-0.15, -0.1) is 11.8 Å². The Morgan fingerprint density at radius 1 is 1.22 bits per heavy atom. The second-order valence-electron chi connectivity index (χ2n) is 1.66. The molecule has 0 saturated carbocycles. The Morgan fingerprint density at radius 2 is 1.78 bits per heavy atom. The standard InChI is InChI=1S/C6H14N2S/c1-5(7-2)6(8-3)9-4/h7-8H,1-4H3/b6-5+. The van der Waals surface area contributed by atoms with Gasteiger partial charge in [0.05, 0.1) is 5.03 Å². The van der Waals surface area contributed by atoms with Crippen molar-refractivity contribution in [3.63, 3.8) is 0 Å². The molecule has 0 saturated heterocycles. The minimum absolute atomic E-state index is 1.19. The Bertz CT molecular complexity index is 104. The van der Waals surface area contributed by atoms with Crippen molar-refractivity contribution < 1.29 is 0 Å². The minimum Gasteiger partial charge on any atom is -0.390 e. The van der Waals surface area contributed by atoms with Crippen LogP contribution in [0.2, 0.25) is 0 Å². The molecular formula is C6H14N2S. The second kappa shape index (κ2) is 4.56. The molecule has 0 aliphatic rings. The molecule has 0 aliphatic heterocycles. The quantitative estimate of drug-likeness (QED) is 0.620. The summed E-state index contributed by atoms with van der Waals surface area (Å²) >= 11 is 1.71. The van der Waals surface area contributed by atoms with Gasteiger partial charge >= 0.3 is 0 Å². The van der Waals surface area contributed by atoms with Gasteiger partial charge in [-0.3, -0.25) is 0 Å². The van der Waals surface area contributed by atoms with Crippen molar-refractivity contribution in [2.75, 3.05) is 20.4 Å². The van der Waals surface area contributed by atoms with E-state index in [4.69, 9.17) is 0 Å². The first-order valence-corrected chi connectivity index (χ1v) is 4.09. The normalized spacial score (nSPS) is 12.4. The molecule has 0 aliphatic carbocycles. The summed E-state index contributed by atoms with van der Waals surface area (Å²) in [5, 5.41) is 7.34. The van der Waals surface area contributed by atoms with Crippen LogP contribution in [0.3, 0.4) is 0 Å². The maximum Gasteiger partial charge on any atom is 0.0866 e. The number of hydrogen-bond donors (Lipinski definition) is 2. The maximum absolute atomic E-state index is 3.08. The van der Waals surface area contributed by atoms with Crippen LogP contribution < -0.4 is 10.6 Å². The lowest BCUT2D eigenvalue weighted by Gasteiger charge is -2.07. The van der Waals surface area contributed by atoms with Crippen LogP contribution in [0.15, 0.2) is 10.7 Å². The Kier molecular flexibility index (Phi) is 4.40.